The van der Waals surface area contributed by atoms with Gasteiger partial charge in [-0.3, -0.25) is 9.78 Å². The molecule has 1 aliphatic heterocycles. The van der Waals surface area contributed by atoms with Crippen molar-refractivity contribution in [2.24, 2.45) is 0 Å². The summed E-state index contributed by atoms with van der Waals surface area (Å²) in [7, 11) is 0. The van der Waals surface area contributed by atoms with E-state index in [2.05, 4.69) is 16.0 Å². The van der Waals surface area contributed by atoms with Crippen LogP contribution in [0.2, 0.25) is 5.02 Å². The number of anilines is 1. The fourth-order valence-corrected chi connectivity index (χ4v) is 5.72. The fraction of sp³-hybridized carbons (Fsp3) is 0.273. The molecule has 5 aromatic rings. The molecule has 0 unspecified atom stereocenters. The van der Waals surface area contributed by atoms with E-state index in [9.17, 15) is 9.90 Å². The Morgan fingerprint density at radius 1 is 0.976 bits per heavy atom. The zero-order valence-electron chi connectivity index (χ0n) is 23.5. The highest BCUT2D eigenvalue weighted by Gasteiger charge is 2.34. The minimum atomic E-state index is -0.869. The minimum Gasteiger partial charge on any atom is -0.385 e. The Labute approximate surface area is 250 Å². The Bertz CT molecular complexity index is 1660. The lowest BCUT2D eigenvalue weighted by Gasteiger charge is -2.39. The first-order valence-electron chi connectivity index (χ1n) is 14.3. The summed E-state index contributed by atoms with van der Waals surface area (Å²) < 4.78 is 1.82. The van der Waals surface area contributed by atoms with E-state index >= 15 is 0 Å². The van der Waals surface area contributed by atoms with Gasteiger partial charge in [-0.25, -0.2) is 9.50 Å². The zero-order chi connectivity index (χ0) is 29.1. The summed E-state index contributed by atoms with van der Waals surface area (Å²) in [5.41, 5.74) is 4.58. The van der Waals surface area contributed by atoms with E-state index in [4.69, 9.17) is 21.7 Å². The van der Waals surface area contributed by atoms with Crippen LogP contribution in [0.1, 0.15) is 52.6 Å². The number of hydrogen-bond acceptors (Lipinski definition) is 6. The molecule has 1 N–H and O–H groups in total. The summed E-state index contributed by atoms with van der Waals surface area (Å²) in [6.07, 6.45) is 7.18. The maximum atomic E-state index is 13.1. The molecule has 4 heterocycles. The number of hydrogen-bond donors (Lipinski definition) is 1. The van der Waals surface area contributed by atoms with Crippen molar-refractivity contribution >= 4 is 28.8 Å². The Kier molecular flexibility index (Phi) is 7.91. The summed E-state index contributed by atoms with van der Waals surface area (Å²) in [6, 6.07) is 23.1. The highest BCUT2D eigenvalue weighted by molar-refractivity contribution is 6.30. The van der Waals surface area contributed by atoms with Crippen LogP contribution >= 0.6 is 11.6 Å². The molecule has 6 rings (SSSR count). The Balaban J connectivity index is 1.13. The van der Waals surface area contributed by atoms with Crippen LogP contribution in [-0.2, 0) is 18.6 Å². The minimum absolute atomic E-state index is 0.000788. The van der Waals surface area contributed by atoms with Gasteiger partial charge in [0.25, 0.3) is 5.91 Å². The van der Waals surface area contributed by atoms with E-state index in [1.165, 1.54) is 0 Å². The van der Waals surface area contributed by atoms with Crippen LogP contribution in [0.5, 0.6) is 0 Å². The predicted octanol–water partition coefficient (Wildman–Crippen LogP) is 5.52. The van der Waals surface area contributed by atoms with Crippen molar-refractivity contribution in [1.29, 1.82) is 0 Å². The smallest absolute Gasteiger partial charge is 0.254 e. The lowest BCUT2D eigenvalue weighted by molar-refractivity contribution is 0.0118. The van der Waals surface area contributed by atoms with E-state index in [1.54, 1.807) is 12.4 Å². The van der Waals surface area contributed by atoms with Gasteiger partial charge in [0.1, 0.15) is 0 Å². The lowest BCUT2D eigenvalue weighted by atomic mass is 9.84. The summed E-state index contributed by atoms with van der Waals surface area (Å²) in [5, 5.41) is 16.7. The number of pyridine rings is 2. The number of halogens is 1. The Morgan fingerprint density at radius 3 is 2.38 bits per heavy atom. The molecule has 0 radical (unpaired) electrons. The number of piperidine rings is 1. The normalized spacial score (nSPS) is 14.7. The van der Waals surface area contributed by atoms with Gasteiger partial charge >= 0.3 is 0 Å². The third-order valence-electron chi connectivity index (χ3n) is 8.05. The van der Waals surface area contributed by atoms with Crippen LogP contribution in [0, 0.1) is 0 Å². The second kappa shape index (κ2) is 11.9. The third-order valence-corrected chi connectivity index (χ3v) is 8.31. The lowest BCUT2D eigenvalue weighted by Crippen LogP contribution is -2.42. The van der Waals surface area contributed by atoms with Gasteiger partial charge in [0.2, 0.25) is 0 Å². The monoisotopic (exact) mass is 580 g/mol. The molecule has 8 nitrogen and oxygen atoms in total. The topological polar surface area (TPSA) is 86.9 Å². The highest BCUT2D eigenvalue weighted by atomic mass is 35.5. The number of benzene rings is 2. The van der Waals surface area contributed by atoms with Crippen LogP contribution in [0.4, 0.5) is 5.69 Å². The molecule has 1 saturated heterocycles. The molecule has 3 aromatic heterocycles. The van der Waals surface area contributed by atoms with E-state index in [0.717, 1.165) is 28.0 Å². The molecule has 2 aromatic carbocycles. The van der Waals surface area contributed by atoms with E-state index in [1.807, 2.05) is 89.3 Å². The molecule has 0 atom stereocenters. The first kappa shape index (κ1) is 27.9. The zero-order valence-corrected chi connectivity index (χ0v) is 24.3. The van der Waals surface area contributed by atoms with Gasteiger partial charge < -0.3 is 14.9 Å². The van der Waals surface area contributed by atoms with Gasteiger partial charge in [-0.05, 0) is 85.0 Å². The molecule has 1 fully saturated rings. The Hall–Kier alpha value is -4.27. The maximum Gasteiger partial charge on any atom is 0.254 e. The Morgan fingerprint density at radius 2 is 1.69 bits per heavy atom. The molecule has 0 saturated carbocycles. The third kappa shape index (κ3) is 5.86. The largest absolute Gasteiger partial charge is 0.385 e. The highest BCUT2D eigenvalue weighted by Crippen LogP contribution is 2.36. The summed E-state index contributed by atoms with van der Waals surface area (Å²) >= 11 is 6.05. The molecule has 0 spiro atoms. The first-order valence-corrected chi connectivity index (χ1v) is 14.6. The number of nitrogens with zero attached hydrogens (tertiary/aromatic N) is 6. The van der Waals surface area contributed by atoms with Crippen LogP contribution in [0.15, 0.2) is 91.4 Å². The van der Waals surface area contributed by atoms with Crippen molar-refractivity contribution < 1.29 is 9.90 Å². The van der Waals surface area contributed by atoms with E-state index < -0.39 is 5.60 Å². The van der Waals surface area contributed by atoms with E-state index in [-0.39, 0.29) is 5.91 Å². The number of rotatable bonds is 8. The maximum absolute atomic E-state index is 13.1. The van der Waals surface area contributed by atoms with Crippen LogP contribution in [-0.4, -0.2) is 55.1 Å². The van der Waals surface area contributed by atoms with E-state index in [0.29, 0.717) is 61.9 Å². The van der Waals surface area contributed by atoms with Gasteiger partial charge in [0.15, 0.2) is 11.5 Å². The quantitative estimate of drug-likeness (QED) is 0.260. The van der Waals surface area contributed by atoms with Crippen molar-refractivity contribution in [1.82, 2.24) is 24.5 Å². The number of amides is 1. The fourth-order valence-electron chi connectivity index (χ4n) is 5.59. The van der Waals surface area contributed by atoms with Crippen molar-refractivity contribution in [3.05, 3.63) is 124 Å². The second-order valence-electron chi connectivity index (χ2n) is 10.8. The number of aliphatic hydroxyl groups is 1. The molecular weight excluding hydrogens is 548 g/mol. The SMILES string of the molecule is CCN(Cc1ccncc1)C(=O)c1ccc(Cc2nc3c(N4CCC(O)(c5ccc(Cl)cc5)CC4)cccn3n2)cc1. The summed E-state index contributed by atoms with van der Waals surface area (Å²) in [6.45, 7) is 4.55. The number of fused-ring (bicyclic) bond motifs is 1. The summed E-state index contributed by atoms with van der Waals surface area (Å²) in [4.78, 5) is 26.2. The van der Waals surface area contributed by atoms with Gasteiger partial charge in [-0.2, -0.15) is 5.10 Å². The predicted molar refractivity (Wildman–Crippen MR) is 164 cm³/mol. The molecule has 1 aliphatic rings. The van der Waals surface area contributed by atoms with Crippen molar-refractivity contribution in [2.45, 2.75) is 38.3 Å². The molecule has 0 aliphatic carbocycles. The van der Waals surface area contributed by atoms with Crippen molar-refractivity contribution in [3.63, 3.8) is 0 Å². The molecule has 1 amide bonds. The molecule has 0 bridgehead atoms. The van der Waals surface area contributed by atoms with Crippen molar-refractivity contribution in [2.75, 3.05) is 24.5 Å². The van der Waals surface area contributed by atoms with Gasteiger partial charge in [-0.15, -0.1) is 0 Å². The molecule has 214 valence electrons. The van der Waals surface area contributed by atoms with Crippen LogP contribution < -0.4 is 4.90 Å². The number of aromatic nitrogens is 4. The average molecular weight is 581 g/mol. The van der Waals surface area contributed by atoms with Crippen LogP contribution in [0.3, 0.4) is 0 Å². The van der Waals surface area contributed by atoms with Gasteiger partial charge in [-0.1, -0.05) is 35.9 Å². The average Bonchev–Trinajstić information content (AvgIpc) is 3.44. The standard InChI is InChI=1S/C33H33ClN6O2/c1-2-38(23-25-13-17-35-18-14-25)32(41)26-7-5-24(6-8-26)22-30-36-31-29(4-3-19-40(31)37-30)39-20-15-33(42,16-21-39)27-9-11-28(34)12-10-27/h3-14,17-19,42H,2,15-16,20-23H2,1H3. The second-order valence-corrected chi connectivity index (χ2v) is 11.2. The van der Waals surface area contributed by atoms with Gasteiger partial charge in [0, 0.05) is 61.8 Å². The number of carbonyl (C=O) groups is 1. The summed E-state index contributed by atoms with van der Waals surface area (Å²) in [5.74, 6) is 0.713. The first-order chi connectivity index (χ1) is 20.4. The van der Waals surface area contributed by atoms with Crippen LogP contribution in [0.25, 0.3) is 5.65 Å². The molecule has 9 heteroatoms. The molecular formula is C33H33ClN6O2. The van der Waals surface area contributed by atoms with Crippen molar-refractivity contribution in [3.8, 4) is 0 Å². The van der Waals surface area contributed by atoms with Gasteiger partial charge in [0.05, 0.1) is 11.3 Å². The number of carbonyl (C=O) groups excluding carboxylic acids is 1. The molecule has 42 heavy (non-hydrogen) atoms.